The lowest BCUT2D eigenvalue weighted by Crippen LogP contribution is -2.33. The van der Waals surface area contributed by atoms with E-state index in [9.17, 15) is 4.79 Å². The van der Waals surface area contributed by atoms with E-state index < -0.39 is 0 Å². The Bertz CT molecular complexity index is 457. The van der Waals surface area contributed by atoms with Gasteiger partial charge in [0.15, 0.2) is 0 Å². The first-order valence-electron chi connectivity index (χ1n) is 6.54. The number of nitrogens with zero attached hydrogens (tertiary/aromatic N) is 1. The number of nitrogens with two attached hydrogens (primary N) is 1. The molecular formula is C14H19N3O. The minimum atomic E-state index is -0.364. The van der Waals surface area contributed by atoms with Crippen molar-refractivity contribution in [2.45, 2.75) is 13.0 Å². The van der Waals surface area contributed by atoms with Gasteiger partial charge in [-0.2, -0.15) is 0 Å². The molecule has 0 spiro atoms. The van der Waals surface area contributed by atoms with Crippen LogP contribution in [0.4, 0.5) is 5.69 Å². The third-order valence-electron chi connectivity index (χ3n) is 4.42. The monoisotopic (exact) mass is 245 g/mol. The number of carbonyl (C=O) groups excluding carboxylic acids is 1. The number of carbonyl (C=O) groups is 1. The number of anilines is 1. The van der Waals surface area contributed by atoms with E-state index in [1.807, 2.05) is 24.3 Å². The molecule has 0 aliphatic carbocycles. The lowest BCUT2D eigenvalue weighted by Gasteiger charge is -2.26. The standard InChI is InChI=1S/C14H19N3O/c1-9-13-7-16-6-11(13)8-17(9)12-4-2-10(3-5-12)14(15)18/h2-5,9,11,13,16H,6-8H2,1H3,(H2,15,18). The van der Waals surface area contributed by atoms with Crippen molar-refractivity contribution >= 4 is 11.6 Å². The Morgan fingerprint density at radius 2 is 2.06 bits per heavy atom. The second-order valence-corrected chi connectivity index (χ2v) is 5.39. The summed E-state index contributed by atoms with van der Waals surface area (Å²) in [4.78, 5) is 13.5. The Kier molecular flexibility index (Phi) is 2.74. The van der Waals surface area contributed by atoms with Gasteiger partial charge >= 0.3 is 0 Å². The summed E-state index contributed by atoms with van der Waals surface area (Å²) in [6.45, 7) is 5.65. The highest BCUT2D eigenvalue weighted by Gasteiger charge is 2.41. The normalized spacial score (nSPS) is 30.5. The Hall–Kier alpha value is -1.55. The molecule has 0 bridgehead atoms. The van der Waals surface area contributed by atoms with Crippen molar-refractivity contribution in [2.24, 2.45) is 17.6 Å². The van der Waals surface area contributed by atoms with E-state index in [-0.39, 0.29) is 5.91 Å². The van der Waals surface area contributed by atoms with E-state index in [4.69, 9.17) is 5.73 Å². The fraction of sp³-hybridized carbons (Fsp3) is 0.500. The van der Waals surface area contributed by atoms with E-state index >= 15 is 0 Å². The first kappa shape index (κ1) is 11.5. The van der Waals surface area contributed by atoms with Crippen molar-refractivity contribution in [3.8, 4) is 0 Å². The van der Waals surface area contributed by atoms with Gasteiger partial charge < -0.3 is 16.0 Å². The largest absolute Gasteiger partial charge is 0.368 e. The van der Waals surface area contributed by atoms with E-state index in [0.717, 1.165) is 31.5 Å². The second kappa shape index (κ2) is 4.28. The zero-order valence-electron chi connectivity index (χ0n) is 10.6. The van der Waals surface area contributed by atoms with E-state index in [1.54, 1.807) is 0 Å². The summed E-state index contributed by atoms with van der Waals surface area (Å²) in [5.41, 5.74) is 7.03. The summed E-state index contributed by atoms with van der Waals surface area (Å²) < 4.78 is 0. The van der Waals surface area contributed by atoms with Gasteiger partial charge in [-0.05, 0) is 43.0 Å². The zero-order valence-corrected chi connectivity index (χ0v) is 10.6. The first-order valence-corrected chi connectivity index (χ1v) is 6.54. The number of hydrogen-bond donors (Lipinski definition) is 2. The van der Waals surface area contributed by atoms with Crippen LogP contribution in [0.25, 0.3) is 0 Å². The van der Waals surface area contributed by atoms with E-state index in [2.05, 4.69) is 17.1 Å². The molecule has 96 valence electrons. The van der Waals surface area contributed by atoms with Crippen LogP contribution in [0, 0.1) is 11.8 Å². The number of benzene rings is 1. The van der Waals surface area contributed by atoms with Crippen LogP contribution in [-0.2, 0) is 0 Å². The number of hydrogen-bond acceptors (Lipinski definition) is 3. The molecule has 2 aliphatic heterocycles. The summed E-state index contributed by atoms with van der Waals surface area (Å²) in [6.07, 6.45) is 0. The quantitative estimate of drug-likeness (QED) is 0.811. The van der Waals surface area contributed by atoms with Gasteiger partial charge in [0.2, 0.25) is 5.91 Å². The maximum absolute atomic E-state index is 11.1. The van der Waals surface area contributed by atoms with Crippen molar-refractivity contribution < 1.29 is 4.79 Å². The fourth-order valence-corrected chi connectivity index (χ4v) is 3.33. The smallest absolute Gasteiger partial charge is 0.248 e. The van der Waals surface area contributed by atoms with Crippen LogP contribution in [-0.4, -0.2) is 31.6 Å². The van der Waals surface area contributed by atoms with Gasteiger partial charge in [-0.15, -0.1) is 0 Å². The molecule has 2 fully saturated rings. The van der Waals surface area contributed by atoms with Crippen molar-refractivity contribution in [3.63, 3.8) is 0 Å². The highest BCUT2D eigenvalue weighted by molar-refractivity contribution is 5.93. The molecule has 2 heterocycles. The van der Waals surface area contributed by atoms with Crippen molar-refractivity contribution in [1.82, 2.24) is 5.32 Å². The number of amides is 1. The summed E-state index contributed by atoms with van der Waals surface area (Å²) in [5, 5.41) is 3.46. The molecule has 3 rings (SSSR count). The molecule has 2 aliphatic rings. The second-order valence-electron chi connectivity index (χ2n) is 5.39. The molecule has 0 saturated carbocycles. The van der Waals surface area contributed by atoms with Gasteiger partial charge in [-0.3, -0.25) is 4.79 Å². The van der Waals surface area contributed by atoms with Crippen LogP contribution in [0.1, 0.15) is 17.3 Å². The number of primary amides is 1. The third kappa shape index (κ3) is 1.77. The SMILES string of the molecule is CC1C2CNCC2CN1c1ccc(C(N)=O)cc1. The predicted octanol–water partition coefficient (Wildman–Crippen LogP) is 0.830. The molecule has 3 atom stereocenters. The van der Waals surface area contributed by atoms with Gasteiger partial charge in [-0.1, -0.05) is 0 Å². The Morgan fingerprint density at radius 3 is 2.67 bits per heavy atom. The van der Waals surface area contributed by atoms with Crippen LogP contribution in [0.15, 0.2) is 24.3 Å². The molecule has 2 saturated heterocycles. The van der Waals surface area contributed by atoms with E-state index in [1.165, 1.54) is 5.69 Å². The van der Waals surface area contributed by atoms with Crippen molar-refractivity contribution in [1.29, 1.82) is 0 Å². The maximum Gasteiger partial charge on any atom is 0.248 e. The molecule has 4 heteroatoms. The van der Waals surface area contributed by atoms with Gasteiger partial charge in [0, 0.05) is 36.9 Å². The molecule has 0 aromatic heterocycles. The summed E-state index contributed by atoms with van der Waals surface area (Å²) >= 11 is 0. The Balaban J connectivity index is 1.81. The lowest BCUT2D eigenvalue weighted by molar-refractivity contribution is 0.100. The highest BCUT2D eigenvalue weighted by atomic mass is 16.1. The Labute approximate surface area is 107 Å². The number of nitrogens with one attached hydrogen (secondary N) is 1. The number of fused-ring (bicyclic) bond motifs is 1. The highest BCUT2D eigenvalue weighted by Crippen LogP contribution is 2.35. The zero-order chi connectivity index (χ0) is 12.7. The van der Waals surface area contributed by atoms with Crippen LogP contribution >= 0.6 is 0 Å². The maximum atomic E-state index is 11.1. The fourth-order valence-electron chi connectivity index (χ4n) is 3.33. The van der Waals surface area contributed by atoms with E-state index in [0.29, 0.717) is 11.6 Å². The molecular weight excluding hydrogens is 226 g/mol. The van der Waals surface area contributed by atoms with Crippen LogP contribution in [0.5, 0.6) is 0 Å². The molecule has 1 amide bonds. The number of rotatable bonds is 2. The average Bonchev–Trinajstić information content (AvgIpc) is 2.93. The predicted molar refractivity (Wildman–Crippen MR) is 71.6 cm³/mol. The van der Waals surface area contributed by atoms with Crippen LogP contribution in [0.3, 0.4) is 0 Å². The first-order chi connectivity index (χ1) is 8.66. The van der Waals surface area contributed by atoms with Crippen LogP contribution < -0.4 is 16.0 Å². The minimum Gasteiger partial charge on any atom is -0.368 e. The molecule has 18 heavy (non-hydrogen) atoms. The minimum absolute atomic E-state index is 0.364. The molecule has 3 N–H and O–H groups in total. The van der Waals surface area contributed by atoms with Crippen molar-refractivity contribution in [3.05, 3.63) is 29.8 Å². The van der Waals surface area contributed by atoms with Gasteiger partial charge in [0.05, 0.1) is 0 Å². The Morgan fingerprint density at radius 1 is 1.33 bits per heavy atom. The molecule has 1 aromatic rings. The van der Waals surface area contributed by atoms with Gasteiger partial charge in [0.1, 0.15) is 0 Å². The van der Waals surface area contributed by atoms with Gasteiger partial charge in [0.25, 0.3) is 0 Å². The summed E-state index contributed by atoms with van der Waals surface area (Å²) in [7, 11) is 0. The molecule has 4 nitrogen and oxygen atoms in total. The third-order valence-corrected chi connectivity index (χ3v) is 4.42. The topological polar surface area (TPSA) is 58.4 Å². The summed E-state index contributed by atoms with van der Waals surface area (Å²) in [5.74, 6) is 1.15. The summed E-state index contributed by atoms with van der Waals surface area (Å²) in [6, 6.07) is 8.20. The molecule has 3 unspecified atom stereocenters. The molecule has 1 aromatic carbocycles. The molecule has 0 radical (unpaired) electrons. The van der Waals surface area contributed by atoms with Crippen molar-refractivity contribution in [2.75, 3.05) is 24.5 Å². The van der Waals surface area contributed by atoms with Gasteiger partial charge in [-0.25, -0.2) is 0 Å². The van der Waals surface area contributed by atoms with Crippen LogP contribution in [0.2, 0.25) is 0 Å². The lowest BCUT2D eigenvalue weighted by atomic mass is 9.95. The average molecular weight is 245 g/mol.